The monoisotopic (exact) mass is 201 g/mol. The second kappa shape index (κ2) is 6.38. The van der Waals surface area contributed by atoms with E-state index in [9.17, 15) is 5.11 Å². The molecule has 0 amide bonds. The van der Waals surface area contributed by atoms with Crippen LogP contribution in [-0.4, -0.2) is 37.0 Å². The van der Waals surface area contributed by atoms with Crippen LogP contribution >= 0.6 is 0 Å². The fourth-order valence-corrected chi connectivity index (χ4v) is 1.81. The molecule has 0 aromatic rings. The van der Waals surface area contributed by atoms with Gasteiger partial charge >= 0.3 is 0 Å². The predicted molar refractivity (Wildman–Crippen MR) is 57.3 cm³/mol. The molecule has 0 radical (unpaired) electrons. The molecular formula is C11H23NO2. The summed E-state index contributed by atoms with van der Waals surface area (Å²) in [6.07, 6.45) is 3.06. The minimum atomic E-state index is -0.139. The summed E-state index contributed by atoms with van der Waals surface area (Å²) in [5.74, 6) is 0.604. The topological polar surface area (TPSA) is 41.5 Å². The first-order valence-corrected chi connectivity index (χ1v) is 5.69. The van der Waals surface area contributed by atoms with Gasteiger partial charge in [-0.1, -0.05) is 13.8 Å². The SMILES string of the molecule is CC(C)COCCN[C@@H]1CCC[C@H]1O. The number of aliphatic hydroxyl groups is 1. The van der Waals surface area contributed by atoms with Gasteiger partial charge < -0.3 is 15.2 Å². The molecule has 0 bridgehead atoms. The summed E-state index contributed by atoms with van der Waals surface area (Å²) in [4.78, 5) is 0. The Kier molecular flexibility index (Phi) is 5.45. The van der Waals surface area contributed by atoms with Crippen molar-refractivity contribution in [3.63, 3.8) is 0 Å². The van der Waals surface area contributed by atoms with Gasteiger partial charge in [0, 0.05) is 19.2 Å². The van der Waals surface area contributed by atoms with E-state index < -0.39 is 0 Å². The van der Waals surface area contributed by atoms with Crippen LogP contribution in [0.4, 0.5) is 0 Å². The summed E-state index contributed by atoms with van der Waals surface area (Å²) in [5.41, 5.74) is 0. The molecule has 0 aromatic heterocycles. The van der Waals surface area contributed by atoms with Gasteiger partial charge in [-0.3, -0.25) is 0 Å². The first kappa shape index (κ1) is 12.0. The Morgan fingerprint density at radius 2 is 2.21 bits per heavy atom. The smallest absolute Gasteiger partial charge is 0.0693 e. The summed E-state index contributed by atoms with van der Waals surface area (Å²) in [6, 6.07) is 0.303. The molecule has 2 N–H and O–H groups in total. The van der Waals surface area contributed by atoms with Crippen molar-refractivity contribution in [2.75, 3.05) is 19.8 Å². The maximum absolute atomic E-state index is 9.53. The number of rotatable bonds is 6. The fourth-order valence-electron chi connectivity index (χ4n) is 1.81. The lowest BCUT2D eigenvalue weighted by molar-refractivity contribution is 0.101. The van der Waals surface area contributed by atoms with Crippen LogP contribution in [0.1, 0.15) is 33.1 Å². The molecule has 1 rings (SSSR count). The maximum Gasteiger partial charge on any atom is 0.0693 e. The summed E-state index contributed by atoms with van der Waals surface area (Å²) in [6.45, 7) is 6.73. The minimum Gasteiger partial charge on any atom is -0.392 e. The van der Waals surface area contributed by atoms with Crippen LogP contribution < -0.4 is 5.32 Å². The number of hydrogen-bond donors (Lipinski definition) is 2. The molecule has 3 heteroatoms. The molecule has 1 fully saturated rings. The van der Waals surface area contributed by atoms with Crippen molar-refractivity contribution in [1.82, 2.24) is 5.32 Å². The predicted octanol–water partition coefficient (Wildman–Crippen LogP) is 1.16. The average Bonchev–Trinajstić information content (AvgIpc) is 2.51. The Bertz CT molecular complexity index is 150. The number of nitrogens with one attached hydrogen (secondary N) is 1. The van der Waals surface area contributed by atoms with E-state index in [1.807, 2.05) is 0 Å². The van der Waals surface area contributed by atoms with Gasteiger partial charge in [0.15, 0.2) is 0 Å². The first-order chi connectivity index (χ1) is 6.70. The zero-order chi connectivity index (χ0) is 10.4. The molecule has 0 heterocycles. The molecule has 0 aromatic carbocycles. The number of ether oxygens (including phenoxy) is 1. The zero-order valence-electron chi connectivity index (χ0n) is 9.33. The molecular weight excluding hydrogens is 178 g/mol. The molecule has 0 aliphatic heterocycles. The summed E-state index contributed by atoms with van der Waals surface area (Å²) in [7, 11) is 0. The standard InChI is InChI=1S/C11H23NO2/c1-9(2)8-14-7-6-12-10-4-3-5-11(10)13/h9-13H,3-8H2,1-2H3/t10-,11-/m1/s1. The van der Waals surface area contributed by atoms with Crippen LogP contribution in [0.25, 0.3) is 0 Å². The lowest BCUT2D eigenvalue weighted by atomic mass is 10.2. The highest BCUT2D eigenvalue weighted by molar-refractivity contribution is 4.82. The Morgan fingerprint density at radius 1 is 1.43 bits per heavy atom. The lowest BCUT2D eigenvalue weighted by Crippen LogP contribution is -2.37. The van der Waals surface area contributed by atoms with Gasteiger partial charge in [-0.2, -0.15) is 0 Å². The highest BCUT2D eigenvalue weighted by Crippen LogP contribution is 2.18. The van der Waals surface area contributed by atoms with Crippen molar-refractivity contribution in [3.8, 4) is 0 Å². The van der Waals surface area contributed by atoms with Crippen molar-refractivity contribution < 1.29 is 9.84 Å². The molecule has 1 aliphatic carbocycles. The molecule has 14 heavy (non-hydrogen) atoms. The third-order valence-electron chi connectivity index (χ3n) is 2.58. The highest BCUT2D eigenvalue weighted by atomic mass is 16.5. The van der Waals surface area contributed by atoms with Crippen LogP contribution in [0, 0.1) is 5.92 Å². The van der Waals surface area contributed by atoms with E-state index >= 15 is 0 Å². The van der Waals surface area contributed by atoms with Gasteiger partial charge in [0.1, 0.15) is 0 Å². The van der Waals surface area contributed by atoms with Crippen molar-refractivity contribution >= 4 is 0 Å². The Labute approximate surface area is 86.8 Å². The van der Waals surface area contributed by atoms with Gasteiger partial charge in [-0.15, -0.1) is 0 Å². The van der Waals surface area contributed by atoms with E-state index in [1.54, 1.807) is 0 Å². The Balaban J connectivity index is 1.93. The van der Waals surface area contributed by atoms with E-state index in [0.29, 0.717) is 12.0 Å². The quantitative estimate of drug-likeness (QED) is 0.634. The molecule has 1 aliphatic rings. The Hall–Kier alpha value is -0.120. The second-order valence-electron chi connectivity index (χ2n) is 4.53. The third kappa shape index (κ3) is 4.40. The molecule has 3 nitrogen and oxygen atoms in total. The highest BCUT2D eigenvalue weighted by Gasteiger charge is 2.23. The van der Waals surface area contributed by atoms with Gasteiger partial charge in [-0.05, 0) is 25.2 Å². The van der Waals surface area contributed by atoms with Crippen molar-refractivity contribution in [2.45, 2.75) is 45.3 Å². The first-order valence-electron chi connectivity index (χ1n) is 5.69. The average molecular weight is 201 g/mol. The summed E-state index contributed by atoms with van der Waals surface area (Å²) < 4.78 is 5.45. The van der Waals surface area contributed by atoms with Gasteiger partial charge in [0.2, 0.25) is 0 Å². The van der Waals surface area contributed by atoms with Gasteiger partial charge in [-0.25, -0.2) is 0 Å². The molecule has 0 saturated heterocycles. The van der Waals surface area contributed by atoms with Crippen LogP contribution in [0.3, 0.4) is 0 Å². The van der Waals surface area contributed by atoms with E-state index in [-0.39, 0.29) is 6.10 Å². The van der Waals surface area contributed by atoms with E-state index in [4.69, 9.17) is 4.74 Å². The molecule has 1 saturated carbocycles. The fraction of sp³-hybridized carbons (Fsp3) is 1.00. The van der Waals surface area contributed by atoms with Gasteiger partial charge in [0.05, 0.1) is 12.7 Å². The van der Waals surface area contributed by atoms with Crippen LogP contribution in [0.5, 0.6) is 0 Å². The molecule has 0 unspecified atom stereocenters. The maximum atomic E-state index is 9.53. The van der Waals surface area contributed by atoms with Crippen molar-refractivity contribution in [2.24, 2.45) is 5.92 Å². The van der Waals surface area contributed by atoms with Crippen LogP contribution in [0.15, 0.2) is 0 Å². The molecule has 84 valence electrons. The van der Waals surface area contributed by atoms with Gasteiger partial charge in [0.25, 0.3) is 0 Å². The van der Waals surface area contributed by atoms with Crippen LogP contribution in [-0.2, 0) is 4.74 Å². The zero-order valence-corrected chi connectivity index (χ0v) is 9.33. The number of aliphatic hydroxyl groups excluding tert-OH is 1. The summed E-state index contributed by atoms with van der Waals surface area (Å²) >= 11 is 0. The molecule has 2 atom stereocenters. The van der Waals surface area contributed by atoms with E-state index in [2.05, 4.69) is 19.2 Å². The van der Waals surface area contributed by atoms with Crippen molar-refractivity contribution in [1.29, 1.82) is 0 Å². The third-order valence-corrected chi connectivity index (χ3v) is 2.58. The molecule has 0 spiro atoms. The van der Waals surface area contributed by atoms with E-state index in [1.165, 1.54) is 0 Å². The minimum absolute atomic E-state index is 0.139. The lowest BCUT2D eigenvalue weighted by Gasteiger charge is -2.16. The second-order valence-corrected chi connectivity index (χ2v) is 4.53. The summed E-state index contributed by atoms with van der Waals surface area (Å²) in [5, 5.41) is 12.9. The van der Waals surface area contributed by atoms with Crippen molar-refractivity contribution in [3.05, 3.63) is 0 Å². The Morgan fingerprint density at radius 3 is 2.79 bits per heavy atom. The van der Waals surface area contributed by atoms with E-state index in [0.717, 1.165) is 39.0 Å². The number of hydrogen-bond acceptors (Lipinski definition) is 3. The normalized spacial score (nSPS) is 27.4. The van der Waals surface area contributed by atoms with Crippen LogP contribution in [0.2, 0.25) is 0 Å². The largest absolute Gasteiger partial charge is 0.392 e.